The van der Waals surface area contributed by atoms with Crippen molar-refractivity contribution in [1.29, 1.82) is 0 Å². The second-order valence-electron chi connectivity index (χ2n) is 5.89. The molecule has 0 amide bonds. The molecular formula is C16H26N2. The zero-order valence-electron chi connectivity index (χ0n) is 11.9. The Kier molecular flexibility index (Phi) is 4.79. The molecule has 0 heterocycles. The van der Waals surface area contributed by atoms with Crippen molar-refractivity contribution in [2.24, 2.45) is 5.92 Å². The quantitative estimate of drug-likeness (QED) is 0.795. The number of nitrogens with one attached hydrogen (secondary N) is 1. The van der Waals surface area contributed by atoms with E-state index in [2.05, 4.69) is 61.6 Å². The molecule has 1 fully saturated rings. The predicted octanol–water partition coefficient (Wildman–Crippen LogP) is 3.07. The first-order valence-corrected chi connectivity index (χ1v) is 7.12. The van der Waals surface area contributed by atoms with E-state index in [4.69, 9.17) is 0 Å². The Morgan fingerprint density at radius 3 is 2.44 bits per heavy atom. The van der Waals surface area contributed by atoms with Crippen LogP contribution >= 0.6 is 0 Å². The first-order chi connectivity index (χ1) is 8.66. The summed E-state index contributed by atoms with van der Waals surface area (Å²) in [5, 5.41) is 3.82. The average molecular weight is 246 g/mol. The zero-order valence-corrected chi connectivity index (χ0v) is 11.9. The molecular weight excluding hydrogens is 220 g/mol. The van der Waals surface area contributed by atoms with E-state index in [1.165, 1.54) is 24.8 Å². The zero-order chi connectivity index (χ0) is 13.0. The minimum absolute atomic E-state index is 0.559. The minimum atomic E-state index is 0.559. The van der Waals surface area contributed by atoms with Gasteiger partial charge in [-0.25, -0.2) is 0 Å². The summed E-state index contributed by atoms with van der Waals surface area (Å²) in [6, 6.07) is 12.1. The predicted molar refractivity (Wildman–Crippen MR) is 77.7 cm³/mol. The maximum atomic E-state index is 3.82. The van der Waals surface area contributed by atoms with Gasteiger partial charge in [0.2, 0.25) is 0 Å². The van der Waals surface area contributed by atoms with Crippen molar-refractivity contribution in [3.05, 3.63) is 35.9 Å². The summed E-state index contributed by atoms with van der Waals surface area (Å²) in [4.78, 5) is 2.26. The highest BCUT2D eigenvalue weighted by atomic mass is 15.1. The molecule has 100 valence electrons. The van der Waals surface area contributed by atoms with Gasteiger partial charge < -0.3 is 10.2 Å². The highest BCUT2D eigenvalue weighted by Crippen LogP contribution is 2.41. The standard InChI is InChI=1S/C16H26N2/c1-13(11-12-18(2)3)17-16(15-9-10-15)14-7-5-4-6-8-14/h4-8,13,15-17H,9-12H2,1-3H3. The summed E-state index contributed by atoms with van der Waals surface area (Å²) in [6.45, 7) is 3.46. The van der Waals surface area contributed by atoms with Crippen LogP contribution in [0.5, 0.6) is 0 Å². The van der Waals surface area contributed by atoms with Crippen LogP contribution in [0.4, 0.5) is 0 Å². The highest BCUT2D eigenvalue weighted by Gasteiger charge is 2.32. The van der Waals surface area contributed by atoms with E-state index in [0.717, 1.165) is 12.5 Å². The number of hydrogen-bond acceptors (Lipinski definition) is 2. The molecule has 2 atom stereocenters. The Hall–Kier alpha value is -0.860. The second kappa shape index (κ2) is 6.35. The second-order valence-corrected chi connectivity index (χ2v) is 5.89. The Morgan fingerprint density at radius 1 is 1.22 bits per heavy atom. The molecule has 1 aliphatic rings. The first-order valence-electron chi connectivity index (χ1n) is 7.12. The van der Waals surface area contributed by atoms with Crippen molar-refractivity contribution in [3.63, 3.8) is 0 Å². The SMILES string of the molecule is CC(CCN(C)C)NC(c1ccccc1)C1CC1. The summed E-state index contributed by atoms with van der Waals surface area (Å²) in [5.74, 6) is 0.856. The lowest BCUT2D eigenvalue weighted by Gasteiger charge is -2.24. The van der Waals surface area contributed by atoms with Gasteiger partial charge in [0.15, 0.2) is 0 Å². The lowest BCUT2D eigenvalue weighted by molar-refractivity contribution is 0.340. The third-order valence-electron chi connectivity index (χ3n) is 3.73. The van der Waals surface area contributed by atoms with Gasteiger partial charge in [0.25, 0.3) is 0 Å². The van der Waals surface area contributed by atoms with Crippen LogP contribution in [0.25, 0.3) is 0 Å². The molecule has 0 aromatic heterocycles. The van der Waals surface area contributed by atoms with Crippen LogP contribution in [0.15, 0.2) is 30.3 Å². The monoisotopic (exact) mass is 246 g/mol. The van der Waals surface area contributed by atoms with Crippen molar-refractivity contribution in [1.82, 2.24) is 10.2 Å². The maximum Gasteiger partial charge on any atom is 0.0350 e. The molecule has 1 aromatic rings. The van der Waals surface area contributed by atoms with E-state index in [1.54, 1.807) is 0 Å². The number of nitrogens with zero attached hydrogens (tertiary/aromatic N) is 1. The van der Waals surface area contributed by atoms with Gasteiger partial charge in [-0.2, -0.15) is 0 Å². The topological polar surface area (TPSA) is 15.3 Å². The number of rotatable bonds is 7. The van der Waals surface area contributed by atoms with E-state index in [-0.39, 0.29) is 0 Å². The molecule has 1 saturated carbocycles. The Morgan fingerprint density at radius 2 is 1.89 bits per heavy atom. The number of benzene rings is 1. The van der Waals surface area contributed by atoms with Crippen molar-refractivity contribution in [2.75, 3.05) is 20.6 Å². The molecule has 0 saturated heterocycles. The van der Waals surface area contributed by atoms with Crippen LogP contribution in [0.2, 0.25) is 0 Å². The van der Waals surface area contributed by atoms with Crippen molar-refractivity contribution < 1.29 is 0 Å². The van der Waals surface area contributed by atoms with Crippen LogP contribution in [0.1, 0.15) is 37.8 Å². The molecule has 0 aliphatic heterocycles. The normalized spacial score (nSPS) is 18.9. The average Bonchev–Trinajstić information content (AvgIpc) is 3.19. The molecule has 0 spiro atoms. The molecule has 1 aromatic carbocycles. The Balaban J connectivity index is 1.91. The molecule has 2 unspecified atom stereocenters. The van der Waals surface area contributed by atoms with E-state index >= 15 is 0 Å². The van der Waals surface area contributed by atoms with E-state index in [1.807, 2.05) is 0 Å². The molecule has 1 aliphatic carbocycles. The largest absolute Gasteiger partial charge is 0.309 e. The highest BCUT2D eigenvalue weighted by molar-refractivity contribution is 5.21. The number of hydrogen-bond donors (Lipinski definition) is 1. The van der Waals surface area contributed by atoms with Gasteiger partial charge in [-0.15, -0.1) is 0 Å². The van der Waals surface area contributed by atoms with Crippen molar-refractivity contribution in [2.45, 2.75) is 38.3 Å². The molecule has 0 radical (unpaired) electrons. The molecule has 2 rings (SSSR count). The summed E-state index contributed by atoms with van der Waals surface area (Å²) >= 11 is 0. The molecule has 1 N–H and O–H groups in total. The van der Waals surface area contributed by atoms with Gasteiger partial charge in [0.05, 0.1) is 0 Å². The van der Waals surface area contributed by atoms with Gasteiger partial charge in [-0.3, -0.25) is 0 Å². The lowest BCUT2D eigenvalue weighted by atomic mass is 10.0. The third kappa shape index (κ3) is 4.11. The van der Waals surface area contributed by atoms with Crippen LogP contribution < -0.4 is 5.32 Å². The summed E-state index contributed by atoms with van der Waals surface area (Å²) in [6.07, 6.45) is 3.98. The van der Waals surface area contributed by atoms with E-state index < -0.39 is 0 Å². The molecule has 2 heteroatoms. The summed E-state index contributed by atoms with van der Waals surface area (Å²) < 4.78 is 0. The van der Waals surface area contributed by atoms with Crippen LogP contribution in [0.3, 0.4) is 0 Å². The van der Waals surface area contributed by atoms with E-state index in [0.29, 0.717) is 12.1 Å². The van der Waals surface area contributed by atoms with Crippen LogP contribution in [-0.2, 0) is 0 Å². The van der Waals surface area contributed by atoms with Crippen molar-refractivity contribution in [3.8, 4) is 0 Å². The van der Waals surface area contributed by atoms with E-state index in [9.17, 15) is 0 Å². The fourth-order valence-electron chi connectivity index (χ4n) is 2.44. The molecule has 2 nitrogen and oxygen atoms in total. The summed E-state index contributed by atoms with van der Waals surface area (Å²) in [7, 11) is 4.28. The fraction of sp³-hybridized carbons (Fsp3) is 0.625. The Bertz CT molecular complexity index is 343. The van der Waals surface area contributed by atoms with Crippen LogP contribution in [-0.4, -0.2) is 31.6 Å². The van der Waals surface area contributed by atoms with Crippen molar-refractivity contribution >= 4 is 0 Å². The first kappa shape index (κ1) is 13.6. The van der Waals surface area contributed by atoms with Gasteiger partial charge in [-0.1, -0.05) is 30.3 Å². The summed E-state index contributed by atoms with van der Waals surface area (Å²) in [5.41, 5.74) is 1.46. The van der Waals surface area contributed by atoms with Gasteiger partial charge in [0, 0.05) is 12.1 Å². The van der Waals surface area contributed by atoms with Gasteiger partial charge in [0.1, 0.15) is 0 Å². The van der Waals surface area contributed by atoms with Gasteiger partial charge in [-0.05, 0) is 58.3 Å². The molecule has 0 bridgehead atoms. The lowest BCUT2D eigenvalue weighted by Crippen LogP contribution is -2.34. The van der Waals surface area contributed by atoms with Gasteiger partial charge >= 0.3 is 0 Å². The molecule has 18 heavy (non-hydrogen) atoms. The smallest absolute Gasteiger partial charge is 0.0350 e. The Labute approximate surface area is 111 Å². The third-order valence-corrected chi connectivity index (χ3v) is 3.73. The fourth-order valence-corrected chi connectivity index (χ4v) is 2.44. The maximum absolute atomic E-state index is 3.82. The van der Waals surface area contributed by atoms with Crippen LogP contribution in [0, 0.1) is 5.92 Å². The minimum Gasteiger partial charge on any atom is -0.309 e.